The van der Waals surface area contributed by atoms with Crippen molar-refractivity contribution in [3.05, 3.63) is 24.3 Å². The summed E-state index contributed by atoms with van der Waals surface area (Å²) < 4.78 is 4.95. The third-order valence-corrected chi connectivity index (χ3v) is 2.41. The fraction of sp³-hybridized carbons (Fsp3) is 0.357. The number of anilines is 2. The van der Waals surface area contributed by atoms with Gasteiger partial charge in [-0.2, -0.15) is 0 Å². The van der Waals surface area contributed by atoms with Gasteiger partial charge in [0, 0.05) is 24.8 Å². The minimum Gasteiger partial charge on any atom is -0.394 e. The van der Waals surface area contributed by atoms with Crippen molar-refractivity contribution in [2.45, 2.75) is 6.92 Å². The zero-order valence-electron chi connectivity index (χ0n) is 12.2. The fourth-order valence-corrected chi connectivity index (χ4v) is 1.55. The molecule has 1 rings (SSSR count). The van der Waals surface area contributed by atoms with E-state index in [1.54, 1.807) is 18.2 Å². The first-order valence-corrected chi connectivity index (χ1v) is 6.68. The number of nitrogens with one attached hydrogen (secondary N) is 3. The van der Waals surface area contributed by atoms with Gasteiger partial charge in [-0.15, -0.1) is 0 Å². The lowest BCUT2D eigenvalue weighted by Crippen LogP contribution is -2.37. The average molecular weight is 309 g/mol. The zero-order chi connectivity index (χ0) is 16.4. The van der Waals surface area contributed by atoms with Crippen molar-refractivity contribution < 1.29 is 24.2 Å². The molecule has 0 aliphatic rings. The maximum absolute atomic E-state index is 11.7. The summed E-state index contributed by atoms with van der Waals surface area (Å²) in [4.78, 5) is 34.2. The SMILES string of the molecule is CC(=O)Nc1cccc(NC(=O)C(=O)NCCOCCO)c1. The number of ether oxygens (including phenoxy) is 1. The van der Waals surface area contributed by atoms with Crippen LogP contribution >= 0.6 is 0 Å². The summed E-state index contributed by atoms with van der Waals surface area (Å²) in [5.74, 6) is -1.84. The predicted molar refractivity (Wildman–Crippen MR) is 80.3 cm³/mol. The van der Waals surface area contributed by atoms with Gasteiger partial charge in [-0.05, 0) is 18.2 Å². The minimum absolute atomic E-state index is 0.0981. The van der Waals surface area contributed by atoms with Gasteiger partial charge in [0.1, 0.15) is 0 Å². The van der Waals surface area contributed by atoms with E-state index in [0.29, 0.717) is 11.4 Å². The van der Waals surface area contributed by atoms with Crippen LogP contribution < -0.4 is 16.0 Å². The van der Waals surface area contributed by atoms with Gasteiger partial charge in [-0.25, -0.2) is 0 Å². The monoisotopic (exact) mass is 309 g/mol. The summed E-state index contributed by atoms with van der Waals surface area (Å²) in [6, 6.07) is 6.44. The molecule has 0 bridgehead atoms. The molecule has 1 aromatic rings. The Hall–Kier alpha value is -2.45. The Bertz CT molecular complexity index is 533. The Morgan fingerprint density at radius 2 is 1.77 bits per heavy atom. The Morgan fingerprint density at radius 1 is 1.09 bits per heavy atom. The summed E-state index contributed by atoms with van der Waals surface area (Å²) in [5, 5.41) is 15.9. The second-order valence-electron chi connectivity index (χ2n) is 4.31. The molecule has 4 N–H and O–H groups in total. The lowest BCUT2D eigenvalue weighted by atomic mass is 10.2. The molecule has 1 aromatic carbocycles. The van der Waals surface area contributed by atoms with Gasteiger partial charge in [0.25, 0.3) is 0 Å². The van der Waals surface area contributed by atoms with Gasteiger partial charge in [-0.3, -0.25) is 14.4 Å². The van der Waals surface area contributed by atoms with Gasteiger partial charge in [0.05, 0.1) is 19.8 Å². The van der Waals surface area contributed by atoms with E-state index in [9.17, 15) is 14.4 Å². The van der Waals surface area contributed by atoms with Crippen molar-refractivity contribution in [1.82, 2.24) is 5.32 Å². The van der Waals surface area contributed by atoms with Crippen molar-refractivity contribution in [3.8, 4) is 0 Å². The lowest BCUT2D eigenvalue weighted by molar-refractivity contribution is -0.136. The predicted octanol–water partition coefficient (Wildman–Crippen LogP) is -0.291. The molecular weight excluding hydrogens is 290 g/mol. The number of hydrogen-bond acceptors (Lipinski definition) is 5. The van der Waals surface area contributed by atoms with Crippen LogP contribution in [0.2, 0.25) is 0 Å². The van der Waals surface area contributed by atoms with Crippen LogP contribution in [0, 0.1) is 0 Å². The highest BCUT2D eigenvalue weighted by Gasteiger charge is 2.13. The summed E-state index contributed by atoms with van der Waals surface area (Å²) in [7, 11) is 0. The molecule has 0 unspecified atom stereocenters. The van der Waals surface area contributed by atoms with E-state index in [-0.39, 0.29) is 32.3 Å². The molecule has 0 radical (unpaired) electrons. The number of amides is 3. The highest BCUT2D eigenvalue weighted by molar-refractivity contribution is 6.39. The van der Waals surface area contributed by atoms with E-state index in [2.05, 4.69) is 16.0 Å². The van der Waals surface area contributed by atoms with Crippen molar-refractivity contribution in [3.63, 3.8) is 0 Å². The van der Waals surface area contributed by atoms with Crippen LogP contribution in [0.4, 0.5) is 11.4 Å². The van der Waals surface area contributed by atoms with Crippen LogP contribution in [0.15, 0.2) is 24.3 Å². The average Bonchev–Trinajstić information content (AvgIpc) is 2.46. The number of rotatable bonds is 7. The first kappa shape index (κ1) is 17.6. The van der Waals surface area contributed by atoms with Gasteiger partial charge in [0.15, 0.2) is 0 Å². The molecule has 0 atom stereocenters. The van der Waals surface area contributed by atoms with Crippen LogP contribution in [0.5, 0.6) is 0 Å². The molecule has 22 heavy (non-hydrogen) atoms. The third kappa shape index (κ3) is 6.82. The van der Waals surface area contributed by atoms with Gasteiger partial charge >= 0.3 is 11.8 Å². The van der Waals surface area contributed by atoms with E-state index in [1.807, 2.05) is 0 Å². The zero-order valence-corrected chi connectivity index (χ0v) is 12.2. The Balaban J connectivity index is 2.43. The Morgan fingerprint density at radius 3 is 2.41 bits per heavy atom. The van der Waals surface area contributed by atoms with Crippen molar-refractivity contribution in [2.24, 2.45) is 0 Å². The summed E-state index contributed by atoms with van der Waals surface area (Å²) >= 11 is 0. The topological polar surface area (TPSA) is 117 Å². The molecule has 120 valence electrons. The minimum atomic E-state index is -0.817. The molecule has 0 saturated heterocycles. The summed E-state index contributed by atoms with van der Waals surface area (Å²) in [6.07, 6.45) is 0. The molecule has 0 saturated carbocycles. The maximum atomic E-state index is 11.7. The van der Waals surface area contributed by atoms with E-state index >= 15 is 0 Å². The standard InChI is InChI=1S/C14H19N3O5/c1-10(19)16-11-3-2-4-12(9-11)17-14(21)13(20)15-5-7-22-8-6-18/h2-4,9,18H,5-8H2,1H3,(H,15,20)(H,16,19)(H,17,21). The molecule has 3 amide bonds. The smallest absolute Gasteiger partial charge is 0.313 e. The number of carbonyl (C=O) groups excluding carboxylic acids is 3. The van der Waals surface area contributed by atoms with Crippen LogP contribution in [0.25, 0.3) is 0 Å². The molecule has 8 heteroatoms. The van der Waals surface area contributed by atoms with E-state index in [0.717, 1.165) is 0 Å². The normalized spacial score (nSPS) is 9.91. The highest BCUT2D eigenvalue weighted by Crippen LogP contribution is 2.14. The van der Waals surface area contributed by atoms with Gasteiger partial charge in [-0.1, -0.05) is 6.07 Å². The Kier molecular flexibility index (Phi) is 7.58. The van der Waals surface area contributed by atoms with Gasteiger partial charge < -0.3 is 25.8 Å². The number of aliphatic hydroxyl groups is 1. The molecule has 0 aliphatic carbocycles. The first-order valence-electron chi connectivity index (χ1n) is 6.68. The maximum Gasteiger partial charge on any atom is 0.313 e. The molecular formula is C14H19N3O5. The number of benzene rings is 1. The fourth-order valence-electron chi connectivity index (χ4n) is 1.55. The van der Waals surface area contributed by atoms with Crippen LogP contribution in [0.3, 0.4) is 0 Å². The first-order chi connectivity index (χ1) is 10.5. The van der Waals surface area contributed by atoms with Crippen LogP contribution in [0.1, 0.15) is 6.92 Å². The molecule has 0 aliphatic heterocycles. The third-order valence-electron chi connectivity index (χ3n) is 2.41. The van der Waals surface area contributed by atoms with E-state index in [1.165, 1.54) is 13.0 Å². The highest BCUT2D eigenvalue weighted by atomic mass is 16.5. The summed E-state index contributed by atoms with van der Waals surface area (Å²) in [5.41, 5.74) is 0.908. The van der Waals surface area contributed by atoms with E-state index in [4.69, 9.17) is 9.84 Å². The second-order valence-corrected chi connectivity index (χ2v) is 4.31. The molecule has 0 spiro atoms. The van der Waals surface area contributed by atoms with Gasteiger partial charge in [0.2, 0.25) is 5.91 Å². The van der Waals surface area contributed by atoms with Crippen molar-refractivity contribution in [2.75, 3.05) is 37.0 Å². The number of hydrogen-bond donors (Lipinski definition) is 4. The second kappa shape index (κ2) is 9.48. The summed E-state index contributed by atoms with van der Waals surface area (Å²) in [6.45, 7) is 1.82. The van der Waals surface area contributed by atoms with Crippen LogP contribution in [-0.2, 0) is 19.1 Å². The quantitative estimate of drug-likeness (QED) is 0.408. The largest absolute Gasteiger partial charge is 0.394 e. The van der Waals surface area contributed by atoms with Crippen LogP contribution in [-0.4, -0.2) is 49.2 Å². The number of carbonyl (C=O) groups is 3. The number of aliphatic hydroxyl groups excluding tert-OH is 1. The molecule has 0 aromatic heterocycles. The van der Waals surface area contributed by atoms with E-state index < -0.39 is 11.8 Å². The molecule has 0 heterocycles. The van der Waals surface area contributed by atoms with Crippen molar-refractivity contribution in [1.29, 1.82) is 0 Å². The Labute approximate surface area is 127 Å². The molecule has 8 nitrogen and oxygen atoms in total. The van der Waals surface area contributed by atoms with Crippen molar-refractivity contribution >= 4 is 29.1 Å². The molecule has 0 fully saturated rings. The lowest BCUT2D eigenvalue weighted by Gasteiger charge is -2.08.